The van der Waals surface area contributed by atoms with Crippen LogP contribution in [0.5, 0.6) is 0 Å². The normalized spacial score (nSPS) is 21.8. The number of hydrogen-bond acceptors (Lipinski definition) is 3. The lowest BCUT2D eigenvalue weighted by atomic mass is 10.1. The summed E-state index contributed by atoms with van der Waals surface area (Å²) in [5.74, 6) is 0.634. The second-order valence-corrected chi connectivity index (χ2v) is 6.14. The van der Waals surface area contributed by atoms with Crippen molar-refractivity contribution in [3.63, 3.8) is 0 Å². The Morgan fingerprint density at radius 3 is 2.73 bits per heavy atom. The van der Waals surface area contributed by atoms with Gasteiger partial charge in [-0.2, -0.15) is 5.10 Å². The molecule has 0 saturated carbocycles. The van der Waals surface area contributed by atoms with E-state index in [0.29, 0.717) is 12.0 Å². The number of nitrogens with two attached hydrogens (primary N) is 1. The molecule has 2 aromatic rings. The van der Waals surface area contributed by atoms with Crippen molar-refractivity contribution >= 4 is 12.4 Å². The summed E-state index contributed by atoms with van der Waals surface area (Å²) in [6.07, 6.45) is 3.10. The Hall–Kier alpha value is -1.36. The highest BCUT2D eigenvalue weighted by molar-refractivity contribution is 5.85. The van der Waals surface area contributed by atoms with Gasteiger partial charge in [-0.3, -0.25) is 4.90 Å². The predicted octanol–water partition coefficient (Wildman–Crippen LogP) is 2.77. The van der Waals surface area contributed by atoms with Crippen molar-refractivity contribution in [3.8, 4) is 5.69 Å². The summed E-state index contributed by atoms with van der Waals surface area (Å²) in [6, 6.07) is 11.1. The number of benzene rings is 1. The summed E-state index contributed by atoms with van der Waals surface area (Å²) in [4.78, 5) is 2.52. The Balaban J connectivity index is 0.00000176. The van der Waals surface area contributed by atoms with E-state index in [9.17, 15) is 0 Å². The van der Waals surface area contributed by atoms with Crippen molar-refractivity contribution in [2.24, 2.45) is 11.7 Å². The van der Waals surface area contributed by atoms with E-state index < -0.39 is 0 Å². The van der Waals surface area contributed by atoms with Crippen molar-refractivity contribution in [1.29, 1.82) is 0 Å². The quantitative estimate of drug-likeness (QED) is 0.942. The van der Waals surface area contributed by atoms with Crippen molar-refractivity contribution in [2.75, 3.05) is 13.1 Å². The highest BCUT2D eigenvalue weighted by atomic mass is 35.5. The van der Waals surface area contributed by atoms with Crippen LogP contribution in [0.3, 0.4) is 0 Å². The molecule has 1 fully saturated rings. The Morgan fingerprint density at radius 1 is 1.27 bits per heavy atom. The SMILES string of the molecule is Cc1ccccc1-n1nccc1CN1CC(CN)CC1C.Cl. The summed E-state index contributed by atoms with van der Waals surface area (Å²) in [7, 11) is 0. The zero-order valence-corrected chi connectivity index (χ0v) is 14.1. The van der Waals surface area contributed by atoms with Crippen LogP contribution >= 0.6 is 12.4 Å². The van der Waals surface area contributed by atoms with E-state index in [2.05, 4.69) is 58.9 Å². The number of rotatable bonds is 4. The van der Waals surface area contributed by atoms with Gasteiger partial charge in [0, 0.05) is 25.3 Å². The van der Waals surface area contributed by atoms with Gasteiger partial charge in [0.25, 0.3) is 0 Å². The fourth-order valence-corrected chi connectivity index (χ4v) is 3.29. The third-order valence-electron chi connectivity index (χ3n) is 4.55. The number of para-hydroxylation sites is 1. The average molecular weight is 321 g/mol. The molecule has 2 N–H and O–H groups in total. The molecule has 120 valence electrons. The van der Waals surface area contributed by atoms with Gasteiger partial charge in [0.15, 0.2) is 0 Å². The first-order valence-corrected chi connectivity index (χ1v) is 7.72. The standard InChI is InChI=1S/C17H24N4.ClH/c1-13-5-3-4-6-17(13)21-16(7-8-19-21)12-20-11-15(10-18)9-14(20)2;/h3-8,14-15H,9-12,18H2,1-2H3;1H. The third-order valence-corrected chi connectivity index (χ3v) is 4.55. The molecule has 2 unspecified atom stereocenters. The molecule has 2 atom stereocenters. The molecule has 1 saturated heterocycles. The highest BCUT2D eigenvalue weighted by Crippen LogP contribution is 2.25. The summed E-state index contributed by atoms with van der Waals surface area (Å²) in [6.45, 7) is 7.24. The highest BCUT2D eigenvalue weighted by Gasteiger charge is 2.28. The van der Waals surface area contributed by atoms with Crippen molar-refractivity contribution in [1.82, 2.24) is 14.7 Å². The lowest BCUT2D eigenvalue weighted by Crippen LogP contribution is -2.28. The molecule has 0 radical (unpaired) electrons. The minimum atomic E-state index is 0. The van der Waals surface area contributed by atoms with Crippen LogP contribution in [0.1, 0.15) is 24.6 Å². The third kappa shape index (κ3) is 3.35. The van der Waals surface area contributed by atoms with Crippen molar-refractivity contribution in [2.45, 2.75) is 32.9 Å². The van der Waals surface area contributed by atoms with Crippen molar-refractivity contribution in [3.05, 3.63) is 47.8 Å². The Morgan fingerprint density at radius 2 is 2.05 bits per heavy atom. The number of nitrogens with zero attached hydrogens (tertiary/aromatic N) is 3. The van der Waals surface area contributed by atoms with Gasteiger partial charge in [-0.25, -0.2) is 4.68 Å². The summed E-state index contributed by atoms with van der Waals surface area (Å²) < 4.78 is 2.07. The second-order valence-electron chi connectivity index (χ2n) is 6.14. The minimum absolute atomic E-state index is 0. The molecule has 22 heavy (non-hydrogen) atoms. The molecule has 0 spiro atoms. The molecule has 4 nitrogen and oxygen atoms in total. The number of likely N-dealkylation sites (tertiary alicyclic amines) is 1. The van der Waals surface area contributed by atoms with E-state index in [1.165, 1.54) is 23.4 Å². The largest absolute Gasteiger partial charge is 0.330 e. The second kappa shape index (κ2) is 7.27. The first kappa shape index (κ1) is 17.0. The van der Waals surface area contributed by atoms with Crippen LogP contribution in [0.4, 0.5) is 0 Å². The molecule has 2 heterocycles. The summed E-state index contributed by atoms with van der Waals surface area (Å²) in [5, 5.41) is 4.52. The topological polar surface area (TPSA) is 47.1 Å². The van der Waals surface area contributed by atoms with Crippen molar-refractivity contribution < 1.29 is 0 Å². The van der Waals surface area contributed by atoms with Crippen LogP contribution in [-0.2, 0) is 6.54 Å². The molecule has 0 aliphatic carbocycles. The van der Waals surface area contributed by atoms with Gasteiger partial charge in [0.2, 0.25) is 0 Å². The number of halogens is 1. The first-order chi connectivity index (χ1) is 10.2. The maximum absolute atomic E-state index is 5.83. The Kier molecular flexibility index (Phi) is 5.62. The van der Waals surface area contributed by atoms with Crippen LogP contribution in [0.25, 0.3) is 5.69 Å². The maximum Gasteiger partial charge on any atom is 0.0678 e. The first-order valence-electron chi connectivity index (χ1n) is 7.72. The molecule has 1 aromatic heterocycles. The van der Waals surface area contributed by atoms with Gasteiger partial charge in [-0.1, -0.05) is 18.2 Å². The monoisotopic (exact) mass is 320 g/mol. The van der Waals surface area contributed by atoms with E-state index in [1.54, 1.807) is 0 Å². The van der Waals surface area contributed by atoms with Gasteiger partial charge in [0.1, 0.15) is 0 Å². The van der Waals surface area contributed by atoms with Gasteiger partial charge in [-0.05, 0) is 50.4 Å². The molecule has 5 heteroatoms. The molecular weight excluding hydrogens is 296 g/mol. The van der Waals surface area contributed by atoms with Crippen LogP contribution in [-0.4, -0.2) is 33.8 Å². The van der Waals surface area contributed by atoms with Crippen LogP contribution in [0.15, 0.2) is 36.5 Å². The molecule has 1 aromatic carbocycles. The minimum Gasteiger partial charge on any atom is -0.330 e. The van der Waals surface area contributed by atoms with E-state index in [0.717, 1.165) is 19.6 Å². The van der Waals surface area contributed by atoms with Gasteiger partial charge in [-0.15, -0.1) is 12.4 Å². The molecule has 1 aliphatic heterocycles. The molecule has 0 bridgehead atoms. The molecule has 1 aliphatic rings. The smallest absolute Gasteiger partial charge is 0.0678 e. The van der Waals surface area contributed by atoms with E-state index in [-0.39, 0.29) is 12.4 Å². The lowest BCUT2D eigenvalue weighted by Gasteiger charge is -2.21. The van der Waals surface area contributed by atoms with Gasteiger partial charge in [0.05, 0.1) is 11.4 Å². The fourth-order valence-electron chi connectivity index (χ4n) is 3.29. The Bertz CT molecular complexity index is 610. The number of aryl methyl sites for hydroxylation is 1. The molecule has 3 rings (SSSR count). The summed E-state index contributed by atoms with van der Waals surface area (Å²) >= 11 is 0. The van der Waals surface area contributed by atoms with Crippen LogP contribution in [0, 0.1) is 12.8 Å². The summed E-state index contributed by atoms with van der Waals surface area (Å²) in [5.41, 5.74) is 9.49. The predicted molar refractivity (Wildman–Crippen MR) is 92.6 cm³/mol. The van der Waals surface area contributed by atoms with Gasteiger partial charge < -0.3 is 5.73 Å². The lowest BCUT2D eigenvalue weighted by molar-refractivity contribution is 0.250. The number of hydrogen-bond donors (Lipinski definition) is 1. The zero-order chi connectivity index (χ0) is 14.8. The fraction of sp³-hybridized carbons (Fsp3) is 0.471. The zero-order valence-electron chi connectivity index (χ0n) is 13.3. The van der Waals surface area contributed by atoms with E-state index in [4.69, 9.17) is 5.73 Å². The average Bonchev–Trinajstić information content (AvgIpc) is 3.07. The molecule has 0 amide bonds. The van der Waals surface area contributed by atoms with Crippen LogP contribution < -0.4 is 5.73 Å². The number of aromatic nitrogens is 2. The molecular formula is C17H25ClN4. The Labute approximate surface area is 138 Å². The van der Waals surface area contributed by atoms with Crippen LogP contribution in [0.2, 0.25) is 0 Å². The van der Waals surface area contributed by atoms with Gasteiger partial charge >= 0.3 is 0 Å². The maximum atomic E-state index is 5.83. The van der Waals surface area contributed by atoms with E-state index >= 15 is 0 Å². The van der Waals surface area contributed by atoms with E-state index in [1.807, 2.05) is 6.20 Å².